The molecule has 0 radical (unpaired) electrons. The van der Waals surface area contributed by atoms with Gasteiger partial charge in [0.15, 0.2) is 11.0 Å². The summed E-state index contributed by atoms with van der Waals surface area (Å²) in [5.74, 6) is -0.0793. The zero-order chi connectivity index (χ0) is 19.7. The Morgan fingerprint density at radius 3 is 2.70 bits per heavy atom. The lowest BCUT2D eigenvalue weighted by Crippen LogP contribution is -2.38. The summed E-state index contributed by atoms with van der Waals surface area (Å²) < 4.78 is -0.00118. The second kappa shape index (κ2) is 7.16. The van der Waals surface area contributed by atoms with Crippen LogP contribution < -0.4 is 5.73 Å². The molecule has 2 heterocycles. The monoisotopic (exact) mass is 378 g/mol. The minimum atomic E-state index is -0.412. The van der Waals surface area contributed by atoms with E-state index in [-0.39, 0.29) is 17.0 Å². The van der Waals surface area contributed by atoms with Crippen molar-refractivity contribution in [3.8, 4) is 6.07 Å². The summed E-state index contributed by atoms with van der Waals surface area (Å²) in [5, 5.41) is 9.43. The van der Waals surface area contributed by atoms with Gasteiger partial charge in [0.05, 0.1) is 11.1 Å². The lowest BCUT2D eigenvalue weighted by molar-refractivity contribution is 0.0988. The van der Waals surface area contributed by atoms with Crippen LogP contribution in [0.15, 0.2) is 47.6 Å². The van der Waals surface area contributed by atoms with Crippen molar-refractivity contribution in [2.24, 2.45) is 10.7 Å². The number of carbonyl (C=O) groups is 1. The molecular weight excluding hydrogens is 356 g/mol. The maximum Gasteiger partial charge on any atom is 0.185 e. The summed E-state index contributed by atoms with van der Waals surface area (Å²) >= 11 is 1.60. The zero-order valence-corrected chi connectivity index (χ0v) is 16.5. The van der Waals surface area contributed by atoms with Gasteiger partial charge in [-0.1, -0.05) is 49.9 Å². The molecule has 1 aliphatic heterocycles. The number of hydrogen-bond donors (Lipinski definition) is 1. The third-order valence-corrected chi connectivity index (χ3v) is 5.60. The number of carbonyl (C=O) groups excluding carboxylic acids is 1. The Balaban J connectivity index is 1.84. The third kappa shape index (κ3) is 4.37. The first-order valence-electron chi connectivity index (χ1n) is 8.74. The lowest BCUT2D eigenvalue weighted by Gasteiger charge is -2.39. The first kappa shape index (κ1) is 19.1. The van der Waals surface area contributed by atoms with Crippen molar-refractivity contribution in [1.82, 2.24) is 4.98 Å². The minimum absolute atomic E-state index is 0.00118. The minimum Gasteiger partial charge on any atom is -0.378 e. The van der Waals surface area contributed by atoms with E-state index in [0.717, 1.165) is 17.5 Å². The highest BCUT2D eigenvalue weighted by Crippen LogP contribution is 2.44. The lowest BCUT2D eigenvalue weighted by atomic mass is 9.83. The number of aromatic nitrogens is 1. The number of ketones is 1. The molecule has 0 unspecified atom stereocenters. The smallest absolute Gasteiger partial charge is 0.185 e. The highest BCUT2D eigenvalue weighted by atomic mass is 32.2. The van der Waals surface area contributed by atoms with Crippen molar-refractivity contribution in [2.45, 2.75) is 43.9 Å². The summed E-state index contributed by atoms with van der Waals surface area (Å²) in [6.45, 7) is 6.42. The number of benzene rings is 1. The van der Waals surface area contributed by atoms with Crippen LogP contribution in [0, 0.1) is 11.3 Å². The number of rotatable bonds is 4. The fraction of sp³-hybridized carbons (Fsp3) is 0.333. The van der Waals surface area contributed by atoms with Crippen molar-refractivity contribution in [1.29, 1.82) is 5.26 Å². The summed E-state index contributed by atoms with van der Waals surface area (Å²) in [6, 6.07) is 13.2. The number of nitriles is 1. The van der Waals surface area contributed by atoms with E-state index in [2.05, 4.69) is 25.8 Å². The number of thioether (sulfide) groups is 1. The molecule has 0 bridgehead atoms. The molecule has 2 N–H and O–H groups in total. The van der Waals surface area contributed by atoms with Crippen molar-refractivity contribution < 1.29 is 4.79 Å². The van der Waals surface area contributed by atoms with Crippen molar-refractivity contribution >= 4 is 22.7 Å². The molecule has 1 aromatic heterocycles. The van der Waals surface area contributed by atoms with E-state index in [0.29, 0.717) is 16.4 Å². The van der Waals surface area contributed by atoms with Crippen LogP contribution in [0.1, 0.15) is 54.4 Å². The molecule has 1 aromatic carbocycles. The molecule has 0 spiro atoms. The number of nitrogens with two attached hydrogens (primary N) is 1. The van der Waals surface area contributed by atoms with Gasteiger partial charge < -0.3 is 5.73 Å². The number of amidine groups is 1. The Labute approximate surface area is 163 Å². The summed E-state index contributed by atoms with van der Waals surface area (Å²) in [6.07, 6.45) is 2.53. The average Bonchev–Trinajstić information content (AvgIpc) is 2.60. The van der Waals surface area contributed by atoms with Gasteiger partial charge in [0.2, 0.25) is 0 Å². The molecule has 5 nitrogen and oxygen atoms in total. The molecule has 0 saturated carbocycles. The average molecular weight is 379 g/mol. The van der Waals surface area contributed by atoms with Gasteiger partial charge in [0.25, 0.3) is 0 Å². The topological polar surface area (TPSA) is 92.1 Å². The van der Waals surface area contributed by atoms with Crippen LogP contribution in [0.25, 0.3) is 0 Å². The van der Waals surface area contributed by atoms with Gasteiger partial charge in [-0.25, -0.2) is 0 Å². The molecule has 1 atom stereocenters. The molecule has 0 fully saturated rings. The molecule has 0 saturated heterocycles. The highest BCUT2D eigenvalue weighted by Gasteiger charge is 2.39. The van der Waals surface area contributed by atoms with E-state index >= 15 is 0 Å². The van der Waals surface area contributed by atoms with E-state index in [1.54, 1.807) is 23.9 Å². The van der Waals surface area contributed by atoms with Crippen molar-refractivity contribution in [3.63, 3.8) is 0 Å². The number of hydrogen-bond acceptors (Lipinski definition) is 6. The Bertz CT molecular complexity index is 943. The second-order valence-electron chi connectivity index (χ2n) is 7.61. The molecule has 27 heavy (non-hydrogen) atoms. The van der Waals surface area contributed by atoms with Gasteiger partial charge in [0, 0.05) is 17.4 Å². The molecular formula is C21H22N4OS. The molecule has 3 rings (SSSR count). The Kier molecular flexibility index (Phi) is 5.07. The van der Waals surface area contributed by atoms with Gasteiger partial charge in [-0.3, -0.25) is 14.8 Å². The maximum atomic E-state index is 12.5. The fourth-order valence-electron chi connectivity index (χ4n) is 3.54. The van der Waals surface area contributed by atoms with Crippen LogP contribution in [0.3, 0.4) is 0 Å². The van der Waals surface area contributed by atoms with Crippen LogP contribution in [0.5, 0.6) is 0 Å². The number of nitrogens with zero attached hydrogens (tertiary/aromatic N) is 3. The van der Waals surface area contributed by atoms with Crippen LogP contribution >= 0.6 is 11.8 Å². The molecule has 138 valence electrons. The predicted octanol–water partition coefficient (Wildman–Crippen LogP) is 3.82. The van der Waals surface area contributed by atoms with Crippen LogP contribution in [-0.2, 0) is 12.0 Å². The predicted molar refractivity (Wildman–Crippen MR) is 109 cm³/mol. The van der Waals surface area contributed by atoms with Gasteiger partial charge >= 0.3 is 0 Å². The Morgan fingerprint density at radius 1 is 1.30 bits per heavy atom. The van der Waals surface area contributed by atoms with Crippen LogP contribution in [0.4, 0.5) is 0 Å². The first-order chi connectivity index (χ1) is 12.7. The summed E-state index contributed by atoms with van der Waals surface area (Å²) in [4.78, 5) is 21.3. The number of aliphatic imine (C=N–C) groups is 1. The van der Waals surface area contributed by atoms with E-state index in [1.165, 1.54) is 6.20 Å². The van der Waals surface area contributed by atoms with Gasteiger partial charge in [0.1, 0.15) is 11.8 Å². The second-order valence-corrected chi connectivity index (χ2v) is 9.33. The van der Waals surface area contributed by atoms with E-state index in [4.69, 9.17) is 16.0 Å². The van der Waals surface area contributed by atoms with Gasteiger partial charge in [-0.15, -0.1) is 0 Å². The number of pyridine rings is 1. The quantitative estimate of drug-likeness (QED) is 0.817. The Hall–Kier alpha value is -2.65. The maximum absolute atomic E-state index is 12.5. The van der Waals surface area contributed by atoms with Gasteiger partial charge in [-0.05, 0) is 36.6 Å². The third-order valence-electron chi connectivity index (χ3n) is 4.60. The highest BCUT2D eigenvalue weighted by molar-refractivity contribution is 8.15. The van der Waals surface area contributed by atoms with E-state index in [9.17, 15) is 4.79 Å². The van der Waals surface area contributed by atoms with E-state index < -0.39 is 5.54 Å². The molecule has 1 aliphatic rings. The Morgan fingerprint density at radius 2 is 2.07 bits per heavy atom. The SMILES string of the molecule is CC1(C)C[C@@](C)(c2cccc(CC(=O)c3ccc(C#N)cn3)c2)N=C(N)S1. The molecule has 0 aliphatic carbocycles. The fourth-order valence-corrected chi connectivity index (χ4v) is 4.70. The number of Topliss-reactive ketones (excluding diaryl/α,β-unsaturated/α-hetero) is 1. The normalized spacial score (nSPS) is 21.2. The summed E-state index contributed by atoms with van der Waals surface area (Å²) in [5.41, 5.74) is 8.43. The summed E-state index contributed by atoms with van der Waals surface area (Å²) in [7, 11) is 0. The zero-order valence-electron chi connectivity index (χ0n) is 15.7. The van der Waals surface area contributed by atoms with Crippen LogP contribution in [0.2, 0.25) is 0 Å². The molecule has 6 heteroatoms. The van der Waals surface area contributed by atoms with Crippen molar-refractivity contribution in [2.75, 3.05) is 0 Å². The van der Waals surface area contributed by atoms with Gasteiger partial charge in [-0.2, -0.15) is 5.26 Å². The molecule has 0 amide bonds. The van der Waals surface area contributed by atoms with Crippen molar-refractivity contribution in [3.05, 3.63) is 65.0 Å². The van der Waals surface area contributed by atoms with E-state index in [1.807, 2.05) is 30.3 Å². The molecule has 2 aromatic rings. The first-order valence-corrected chi connectivity index (χ1v) is 9.56. The van der Waals surface area contributed by atoms with Crippen LogP contribution in [-0.4, -0.2) is 20.7 Å². The standard InChI is InChI=1S/C21H22N4OS/c1-20(2)13-21(3,25-19(23)27-20)16-6-4-5-14(9-16)10-18(26)17-8-7-15(11-22)12-24-17/h4-9,12H,10,13H2,1-3H3,(H2,23,25)/t21-/m0/s1. The largest absolute Gasteiger partial charge is 0.378 e.